The molecule has 92 valence electrons. The topological polar surface area (TPSA) is 61.9 Å². The molecule has 17 heavy (non-hydrogen) atoms. The van der Waals surface area contributed by atoms with E-state index in [9.17, 15) is 4.39 Å². The third-order valence-electron chi connectivity index (χ3n) is 3.04. The molecular formula is C12H16FN3O. The van der Waals surface area contributed by atoms with E-state index < -0.39 is 0 Å². The molecule has 1 heterocycles. The molecule has 0 aliphatic carbocycles. The van der Waals surface area contributed by atoms with Gasteiger partial charge in [0, 0.05) is 24.3 Å². The smallest absolute Gasteiger partial charge is 0.172 e. The number of hydrogen-bond acceptors (Lipinski definition) is 3. The minimum absolute atomic E-state index is 0.0509. The second kappa shape index (κ2) is 5.03. The van der Waals surface area contributed by atoms with Gasteiger partial charge >= 0.3 is 0 Å². The molecule has 1 aromatic rings. The molecule has 3 N–H and O–H groups in total. The summed E-state index contributed by atoms with van der Waals surface area (Å²) in [5, 5.41) is 11.7. The lowest BCUT2D eigenvalue weighted by Gasteiger charge is -2.30. The van der Waals surface area contributed by atoms with Crippen LogP contribution in [-0.4, -0.2) is 24.1 Å². The van der Waals surface area contributed by atoms with Crippen LogP contribution < -0.4 is 10.6 Å². The third kappa shape index (κ3) is 2.49. The lowest BCUT2D eigenvalue weighted by atomic mass is 10.1. The van der Waals surface area contributed by atoms with Crippen LogP contribution in [0, 0.1) is 5.82 Å². The average molecular weight is 237 g/mol. The molecule has 1 fully saturated rings. The fourth-order valence-corrected chi connectivity index (χ4v) is 2.18. The first-order chi connectivity index (χ1) is 8.22. The van der Waals surface area contributed by atoms with E-state index in [0.29, 0.717) is 5.56 Å². The maximum Gasteiger partial charge on any atom is 0.172 e. The van der Waals surface area contributed by atoms with Crippen LogP contribution >= 0.6 is 0 Å². The van der Waals surface area contributed by atoms with Crippen LogP contribution in [0.3, 0.4) is 0 Å². The summed E-state index contributed by atoms with van der Waals surface area (Å²) < 4.78 is 13.2. The van der Waals surface area contributed by atoms with Crippen LogP contribution in [0.25, 0.3) is 0 Å². The molecule has 0 saturated carbocycles. The highest BCUT2D eigenvalue weighted by molar-refractivity contribution is 6.02. The third-order valence-corrected chi connectivity index (χ3v) is 3.04. The van der Waals surface area contributed by atoms with Gasteiger partial charge in [-0.2, -0.15) is 0 Å². The van der Waals surface area contributed by atoms with Gasteiger partial charge in [-0.1, -0.05) is 5.16 Å². The normalized spacial score (nSPS) is 17.2. The highest BCUT2D eigenvalue weighted by atomic mass is 19.1. The van der Waals surface area contributed by atoms with Crippen molar-refractivity contribution in [3.05, 3.63) is 29.6 Å². The molecule has 0 amide bonds. The molecule has 0 aromatic heterocycles. The zero-order valence-electron chi connectivity index (χ0n) is 9.56. The van der Waals surface area contributed by atoms with Crippen LogP contribution in [0.4, 0.5) is 10.1 Å². The first-order valence-electron chi connectivity index (χ1n) is 5.75. The summed E-state index contributed by atoms with van der Waals surface area (Å²) in [6.45, 7) is 1.86. The number of nitrogens with zero attached hydrogens (tertiary/aromatic N) is 2. The molecule has 1 aliphatic rings. The Kier molecular flexibility index (Phi) is 3.46. The molecule has 5 heteroatoms. The number of nitrogens with two attached hydrogens (primary N) is 1. The molecule has 0 unspecified atom stereocenters. The van der Waals surface area contributed by atoms with E-state index in [1.165, 1.54) is 18.6 Å². The van der Waals surface area contributed by atoms with Gasteiger partial charge in [0.1, 0.15) is 5.82 Å². The maximum atomic E-state index is 13.2. The van der Waals surface area contributed by atoms with E-state index in [4.69, 9.17) is 10.9 Å². The number of amidine groups is 1. The number of rotatable bonds is 2. The van der Waals surface area contributed by atoms with Crippen molar-refractivity contribution in [2.75, 3.05) is 18.0 Å². The highest BCUT2D eigenvalue weighted by Crippen LogP contribution is 2.24. The Bertz CT molecular complexity index is 428. The van der Waals surface area contributed by atoms with Crippen LogP contribution in [0.1, 0.15) is 24.8 Å². The zero-order valence-corrected chi connectivity index (χ0v) is 9.56. The molecule has 2 rings (SSSR count). The number of halogens is 1. The van der Waals surface area contributed by atoms with Crippen molar-refractivity contribution in [2.45, 2.75) is 19.3 Å². The Hall–Kier alpha value is -1.78. The quantitative estimate of drug-likeness (QED) is 0.357. The van der Waals surface area contributed by atoms with Crippen LogP contribution in [0.15, 0.2) is 23.4 Å². The summed E-state index contributed by atoms with van der Waals surface area (Å²) in [5.41, 5.74) is 6.87. The van der Waals surface area contributed by atoms with Gasteiger partial charge in [-0.15, -0.1) is 0 Å². The number of anilines is 1. The fraction of sp³-hybridized carbons (Fsp3) is 0.417. The SMILES string of the molecule is NC(=NO)c1cc(F)ccc1N1CCCCC1. The second-order valence-electron chi connectivity index (χ2n) is 4.19. The molecule has 0 spiro atoms. The van der Waals surface area contributed by atoms with E-state index in [-0.39, 0.29) is 11.7 Å². The molecule has 0 atom stereocenters. The van der Waals surface area contributed by atoms with E-state index in [2.05, 4.69) is 10.1 Å². The predicted octanol–water partition coefficient (Wildman–Crippen LogP) is 1.91. The van der Waals surface area contributed by atoms with Crippen molar-refractivity contribution in [2.24, 2.45) is 10.9 Å². The summed E-state index contributed by atoms with van der Waals surface area (Å²) in [4.78, 5) is 2.15. The number of hydrogen-bond donors (Lipinski definition) is 2. The standard InChI is InChI=1S/C12H16FN3O/c13-9-4-5-11(10(8-9)12(14)15-17)16-6-2-1-3-7-16/h4-5,8,17H,1-3,6-7H2,(H2,14,15). The number of piperidine rings is 1. The van der Waals surface area contributed by atoms with Gasteiger partial charge in [-0.25, -0.2) is 4.39 Å². The Balaban J connectivity index is 2.37. The summed E-state index contributed by atoms with van der Waals surface area (Å²) in [5.74, 6) is -0.433. The molecule has 4 nitrogen and oxygen atoms in total. The van der Waals surface area contributed by atoms with Gasteiger partial charge < -0.3 is 15.8 Å². The molecule has 0 radical (unpaired) electrons. The van der Waals surface area contributed by atoms with Crippen LogP contribution in [0.2, 0.25) is 0 Å². The fourth-order valence-electron chi connectivity index (χ4n) is 2.18. The average Bonchev–Trinajstić information content (AvgIpc) is 2.38. The predicted molar refractivity (Wildman–Crippen MR) is 65.0 cm³/mol. The van der Waals surface area contributed by atoms with Crippen LogP contribution in [0.5, 0.6) is 0 Å². The monoisotopic (exact) mass is 237 g/mol. The van der Waals surface area contributed by atoms with Crippen molar-refractivity contribution >= 4 is 11.5 Å². The largest absolute Gasteiger partial charge is 0.409 e. The number of oxime groups is 1. The van der Waals surface area contributed by atoms with E-state index in [0.717, 1.165) is 31.6 Å². The second-order valence-corrected chi connectivity index (χ2v) is 4.19. The zero-order chi connectivity index (χ0) is 12.3. The Morgan fingerprint density at radius 2 is 2.00 bits per heavy atom. The first kappa shape index (κ1) is 11.7. The van der Waals surface area contributed by atoms with Gasteiger partial charge in [0.2, 0.25) is 0 Å². The summed E-state index contributed by atoms with van der Waals surface area (Å²) in [7, 11) is 0. The molecule has 1 aliphatic heterocycles. The molecule has 1 aromatic carbocycles. The molecule has 0 bridgehead atoms. The van der Waals surface area contributed by atoms with Crippen molar-refractivity contribution in [1.82, 2.24) is 0 Å². The van der Waals surface area contributed by atoms with Gasteiger partial charge in [0.25, 0.3) is 0 Å². The van der Waals surface area contributed by atoms with E-state index in [1.54, 1.807) is 6.07 Å². The summed E-state index contributed by atoms with van der Waals surface area (Å²) in [6, 6.07) is 4.39. The number of benzene rings is 1. The lowest BCUT2D eigenvalue weighted by Crippen LogP contribution is -2.31. The van der Waals surface area contributed by atoms with Crippen molar-refractivity contribution in [1.29, 1.82) is 0 Å². The van der Waals surface area contributed by atoms with Gasteiger partial charge in [-0.05, 0) is 37.5 Å². The Labute approximate surface area is 99.5 Å². The minimum Gasteiger partial charge on any atom is -0.409 e. The van der Waals surface area contributed by atoms with E-state index >= 15 is 0 Å². The highest BCUT2D eigenvalue weighted by Gasteiger charge is 2.17. The molecular weight excluding hydrogens is 221 g/mol. The van der Waals surface area contributed by atoms with Gasteiger partial charge in [0.05, 0.1) is 0 Å². The van der Waals surface area contributed by atoms with Crippen molar-refractivity contribution in [3.8, 4) is 0 Å². The lowest BCUT2D eigenvalue weighted by molar-refractivity contribution is 0.318. The minimum atomic E-state index is -0.382. The Morgan fingerprint density at radius 3 is 2.65 bits per heavy atom. The van der Waals surface area contributed by atoms with E-state index in [1.807, 2.05) is 0 Å². The van der Waals surface area contributed by atoms with Gasteiger partial charge in [0.15, 0.2) is 5.84 Å². The summed E-state index contributed by atoms with van der Waals surface area (Å²) in [6.07, 6.45) is 3.45. The Morgan fingerprint density at radius 1 is 1.29 bits per heavy atom. The van der Waals surface area contributed by atoms with Crippen molar-refractivity contribution < 1.29 is 9.60 Å². The maximum absolute atomic E-state index is 13.2. The first-order valence-corrected chi connectivity index (χ1v) is 5.75. The van der Waals surface area contributed by atoms with Crippen molar-refractivity contribution in [3.63, 3.8) is 0 Å². The van der Waals surface area contributed by atoms with Crippen LogP contribution in [-0.2, 0) is 0 Å². The molecule has 1 saturated heterocycles. The van der Waals surface area contributed by atoms with Gasteiger partial charge in [-0.3, -0.25) is 0 Å². The summed E-state index contributed by atoms with van der Waals surface area (Å²) >= 11 is 0.